The van der Waals surface area contributed by atoms with Crippen molar-refractivity contribution in [3.63, 3.8) is 0 Å². The number of methoxy groups -OCH3 is 1. The Morgan fingerprint density at radius 2 is 0.923 bits per heavy atom. The molecule has 0 aliphatic carbocycles. The number of rotatable bonds is 62. The lowest BCUT2D eigenvalue weighted by atomic mass is 9.91. The average Bonchev–Trinajstić information content (AvgIpc) is 0.844. The van der Waals surface area contributed by atoms with Crippen LogP contribution in [0.5, 0.6) is 0 Å². The van der Waals surface area contributed by atoms with Crippen LogP contribution >= 0.6 is 7.82 Å². The fraction of sp³-hybridized carbons (Fsp3) is 0.957. The van der Waals surface area contributed by atoms with E-state index in [0.29, 0.717) is 25.9 Å². The number of ether oxygens (including phenoxy) is 7. The Morgan fingerprint density at radius 1 is 0.484 bits per heavy atom. The van der Waals surface area contributed by atoms with Crippen molar-refractivity contribution >= 4 is 25.6 Å². The highest BCUT2D eigenvalue weighted by atomic mass is 31.2. The van der Waals surface area contributed by atoms with Gasteiger partial charge in [0.1, 0.15) is 42.7 Å². The summed E-state index contributed by atoms with van der Waals surface area (Å²) in [4.78, 5) is 60.6. The first-order chi connectivity index (χ1) is 44.0. The number of unbranched alkanes of at least 4 members (excludes halogenated alkanes) is 33. The van der Waals surface area contributed by atoms with Crippen LogP contribution in [0.4, 0.5) is 0 Å². The van der Waals surface area contributed by atoms with Gasteiger partial charge in [0.05, 0.1) is 44.0 Å². The monoisotopic (exact) mass is 1320 g/mol. The predicted molar refractivity (Wildman–Crippen MR) is 358 cm³/mol. The highest BCUT2D eigenvalue weighted by Gasteiger charge is 2.53. The second kappa shape index (κ2) is 55.2. The molecular formula is C70H135N2O18P. The Balaban J connectivity index is 2.36. The Kier molecular flexibility index (Phi) is 51.6. The fourth-order valence-electron chi connectivity index (χ4n) is 12.7. The van der Waals surface area contributed by atoms with Gasteiger partial charge in [-0.15, -0.1) is 0 Å². The molecule has 2 aliphatic rings. The first-order valence-electron chi connectivity index (χ1n) is 36.8. The zero-order chi connectivity index (χ0) is 66.7. The zero-order valence-electron chi connectivity index (χ0n) is 58.0. The van der Waals surface area contributed by atoms with Gasteiger partial charge in [0, 0.05) is 33.9 Å². The molecule has 2 rings (SSSR count). The number of carbonyl (C=O) groups is 3. The van der Waals surface area contributed by atoms with Gasteiger partial charge >= 0.3 is 13.8 Å². The molecule has 0 aromatic heterocycles. The van der Waals surface area contributed by atoms with E-state index in [9.17, 15) is 49.2 Å². The summed E-state index contributed by atoms with van der Waals surface area (Å²) < 4.78 is 61.9. The first-order valence-corrected chi connectivity index (χ1v) is 38.4. The predicted octanol–water partition coefficient (Wildman–Crippen LogP) is 13.8. The number of phosphoric acid groups is 1. The molecule has 0 spiro atoms. The van der Waals surface area contributed by atoms with Crippen LogP contribution in [0.25, 0.3) is 0 Å². The van der Waals surface area contributed by atoms with Crippen LogP contribution in [-0.4, -0.2) is 168 Å². The van der Waals surface area contributed by atoms with Crippen molar-refractivity contribution < 1.29 is 86.8 Å². The Hall–Kier alpha value is -1.88. The molecular weight excluding hydrogens is 1190 g/mol. The minimum absolute atomic E-state index is 0.0371. The van der Waals surface area contributed by atoms with Crippen LogP contribution < -0.4 is 10.6 Å². The van der Waals surface area contributed by atoms with Gasteiger partial charge < -0.3 is 74.0 Å². The zero-order valence-corrected chi connectivity index (χ0v) is 58.9. The van der Waals surface area contributed by atoms with E-state index in [2.05, 4.69) is 38.3 Å². The molecule has 0 aromatic carbocycles. The van der Waals surface area contributed by atoms with E-state index in [-0.39, 0.29) is 38.8 Å². The molecule has 2 fully saturated rings. The van der Waals surface area contributed by atoms with Crippen LogP contribution in [0.15, 0.2) is 0 Å². The third kappa shape index (κ3) is 41.7. The molecule has 2 saturated heterocycles. The third-order valence-corrected chi connectivity index (χ3v) is 18.5. The average molecular weight is 1320 g/mol. The number of aliphatic carboxylic acids is 1. The lowest BCUT2D eigenvalue weighted by Crippen LogP contribution is -2.68. The lowest BCUT2D eigenvalue weighted by Gasteiger charge is -2.47. The maximum atomic E-state index is 13.7. The second-order valence-electron chi connectivity index (χ2n) is 26.4. The van der Waals surface area contributed by atoms with Crippen molar-refractivity contribution in [1.82, 2.24) is 10.6 Å². The smallest absolute Gasteiger partial charge is 0.470 e. The number of amides is 2. The molecule has 0 unspecified atom stereocenters. The van der Waals surface area contributed by atoms with Crippen molar-refractivity contribution in [1.29, 1.82) is 0 Å². The molecule has 0 saturated carbocycles. The molecule has 2 aliphatic heterocycles. The molecule has 8 N–H and O–H groups in total. The maximum absolute atomic E-state index is 13.7. The summed E-state index contributed by atoms with van der Waals surface area (Å²) in [5.41, 5.74) is 0. The summed E-state index contributed by atoms with van der Waals surface area (Å²) in [6, 6.07) is -2.74. The summed E-state index contributed by atoms with van der Waals surface area (Å²) in [5.74, 6) is -2.70. The number of aliphatic hydroxyl groups excluding tert-OH is 3. The van der Waals surface area contributed by atoms with Crippen LogP contribution in [0.1, 0.15) is 311 Å². The standard InChI is InChI=1S/C70H135N2O18P/c1-7-11-15-19-23-27-31-35-39-43-49-84-58(46-42-38-34-30-26-22-18-14-10-4)48-51-86-67-63(71-55(5)73)70(89-60(53-83-6)65(67)90-91(80,81)82)87-54-59-64(77)66(85-50-47-56(74)44-40-36-32-28-24-20-16-12-8-2)62(68(88-59)69(78)79)72-61(76)52-57(75)45-41-37-33-29-25-21-17-13-9-3/h56-60,62-68,70,74-75,77H,7-54H2,1-6H3,(H,71,73)(H,72,76)(H,78,79)(H2,80,81,82)/t56-,57-,58-,59-,60-,62-,63-,64-,65-,66-,67-,68+,70-/m1/s1. The van der Waals surface area contributed by atoms with Crippen molar-refractivity contribution in [3.05, 3.63) is 0 Å². The van der Waals surface area contributed by atoms with Gasteiger partial charge in [-0.05, 0) is 38.5 Å². The molecule has 91 heavy (non-hydrogen) atoms. The molecule has 0 aromatic rings. The van der Waals surface area contributed by atoms with Gasteiger partial charge in [0.15, 0.2) is 12.4 Å². The number of hydrogen-bond donors (Lipinski definition) is 8. The Labute approximate surface area is 551 Å². The SMILES string of the molecule is CCCCCCCCCCCCO[C@H](CCCCCCCCCCC)CCO[C@@H]1[C@@H](NC(C)=O)[C@H](OC[C@H]2O[C@H](C(=O)O)[C@H](NC(=O)C[C@H](O)CCCCCCCCCCC)[C@@H](OCC[C@H](O)CCCCCCCCCCC)[C@@H]2O)O[C@H](COC)[C@H]1OP(=O)(O)O. The van der Waals surface area contributed by atoms with E-state index >= 15 is 0 Å². The van der Waals surface area contributed by atoms with E-state index < -0.39 is 106 Å². The van der Waals surface area contributed by atoms with E-state index in [1.165, 1.54) is 162 Å². The Morgan fingerprint density at radius 3 is 1.38 bits per heavy atom. The second-order valence-corrected chi connectivity index (χ2v) is 27.6. The van der Waals surface area contributed by atoms with E-state index in [1.807, 2.05) is 0 Å². The van der Waals surface area contributed by atoms with E-state index in [0.717, 1.165) is 96.3 Å². The van der Waals surface area contributed by atoms with Gasteiger partial charge in [-0.2, -0.15) is 0 Å². The van der Waals surface area contributed by atoms with Crippen molar-refractivity contribution in [2.75, 3.05) is 40.1 Å². The fourth-order valence-corrected chi connectivity index (χ4v) is 13.2. The van der Waals surface area contributed by atoms with Crippen LogP contribution in [0.2, 0.25) is 0 Å². The number of nitrogens with one attached hydrogen (secondary N) is 2. The molecule has 20 nitrogen and oxygen atoms in total. The van der Waals surface area contributed by atoms with Gasteiger partial charge in [0.2, 0.25) is 11.8 Å². The van der Waals surface area contributed by atoms with Gasteiger partial charge in [-0.3, -0.25) is 14.1 Å². The molecule has 0 radical (unpaired) electrons. The molecule has 21 heteroatoms. The van der Waals surface area contributed by atoms with Crippen LogP contribution in [0.3, 0.4) is 0 Å². The molecule has 538 valence electrons. The normalized spacial score (nSPS) is 23.1. The Bertz CT molecular complexity index is 1800. The quantitative estimate of drug-likeness (QED) is 0.0207. The van der Waals surface area contributed by atoms with Crippen LogP contribution in [0, 0.1) is 0 Å². The number of aliphatic hydroxyl groups is 3. The van der Waals surface area contributed by atoms with Crippen LogP contribution in [-0.2, 0) is 56.6 Å². The topological polar surface area (TPSA) is 288 Å². The summed E-state index contributed by atoms with van der Waals surface area (Å²) in [6.45, 7) is 9.78. The number of phosphoric ester groups is 1. The minimum atomic E-state index is -5.25. The van der Waals surface area contributed by atoms with Gasteiger partial charge in [-0.25, -0.2) is 9.36 Å². The number of hydrogen-bond acceptors (Lipinski definition) is 15. The lowest BCUT2D eigenvalue weighted by molar-refractivity contribution is -0.290. The third-order valence-electron chi connectivity index (χ3n) is 18.0. The molecule has 13 atom stereocenters. The number of carboxylic acids is 1. The summed E-state index contributed by atoms with van der Waals surface area (Å²) in [5, 5.41) is 50.5. The number of carbonyl (C=O) groups excluding carboxylic acids is 2. The first kappa shape index (κ1) is 85.2. The summed E-state index contributed by atoms with van der Waals surface area (Å²) in [6.07, 6.45) is 30.7. The van der Waals surface area contributed by atoms with E-state index in [1.54, 1.807) is 0 Å². The van der Waals surface area contributed by atoms with Gasteiger partial charge in [-0.1, -0.05) is 259 Å². The summed E-state index contributed by atoms with van der Waals surface area (Å²) >= 11 is 0. The summed E-state index contributed by atoms with van der Waals surface area (Å²) in [7, 11) is -3.88. The highest BCUT2D eigenvalue weighted by molar-refractivity contribution is 7.46. The maximum Gasteiger partial charge on any atom is 0.470 e. The molecule has 0 bridgehead atoms. The van der Waals surface area contributed by atoms with Crippen molar-refractivity contribution in [2.24, 2.45) is 0 Å². The van der Waals surface area contributed by atoms with E-state index in [4.69, 9.17) is 37.7 Å². The van der Waals surface area contributed by atoms with Gasteiger partial charge in [0.25, 0.3) is 0 Å². The van der Waals surface area contributed by atoms with Crippen molar-refractivity contribution in [3.8, 4) is 0 Å². The molecule has 2 heterocycles. The number of carboxylic acid groups (broad SMARTS) is 1. The van der Waals surface area contributed by atoms with Crippen molar-refractivity contribution in [2.45, 2.75) is 390 Å². The molecule has 2 amide bonds. The minimum Gasteiger partial charge on any atom is -0.479 e. The highest BCUT2D eigenvalue weighted by Crippen LogP contribution is 2.43. The largest absolute Gasteiger partial charge is 0.479 e.